The molecule has 1 atom stereocenters. The van der Waals surface area contributed by atoms with Gasteiger partial charge in [0.2, 0.25) is 0 Å². The van der Waals surface area contributed by atoms with Gasteiger partial charge in [-0.1, -0.05) is 276 Å². The maximum absolute atomic E-state index is 12.9. The fourth-order valence-electron chi connectivity index (χ4n) is 8.88. The number of hydrogen-bond donors (Lipinski definition) is 0. The number of unbranched alkanes of at least 4 members (excludes halogenated alkanes) is 24. The number of allylic oxidation sites excluding steroid dienone is 24. The number of esters is 3. The van der Waals surface area contributed by atoms with Gasteiger partial charge in [0, 0.05) is 19.3 Å². The lowest BCUT2D eigenvalue weighted by Gasteiger charge is -2.18. The lowest BCUT2D eigenvalue weighted by Crippen LogP contribution is -2.30. The fourth-order valence-corrected chi connectivity index (χ4v) is 8.88. The Morgan fingerprint density at radius 1 is 0.259 bits per heavy atom. The van der Waals surface area contributed by atoms with Crippen LogP contribution in [0, 0.1) is 0 Å². The standard InChI is InChI=1S/C75H122O6/c1-4-7-10-13-16-19-22-25-28-30-32-34-35-36-37-38-39-41-42-44-47-50-53-56-59-62-65-68-74(77)80-71-72(70-79-73(76)67-64-61-58-55-52-49-46-27-24-21-18-15-12-9-6-3)81-75(78)69-66-63-60-57-54-51-48-45-43-40-33-31-29-26-23-20-17-14-11-8-5-2/h7,9-10,12,16,18-19,21,25,27-28,31-34,36-37,39,41,44,46-47,53,56,72H,4-6,8,11,13-15,17,20,22-24,26,29-30,35,38,40,42-43,45,48-52,54-55,57-71H2,1-3H3/b10-7-,12-9-,19-16-,21-18-,28-25-,33-31-,34-32-,37-36-,41-39-,46-27-,47-44-,56-53-. The van der Waals surface area contributed by atoms with Crippen LogP contribution in [0.1, 0.15) is 290 Å². The van der Waals surface area contributed by atoms with E-state index in [1.807, 2.05) is 0 Å². The molecule has 0 heterocycles. The number of rotatable bonds is 59. The monoisotopic (exact) mass is 1120 g/mol. The molecule has 1 unspecified atom stereocenters. The van der Waals surface area contributed by atoms with Crippen molar-refractivity contribution in [3.63, 3.8) is 0 Å². The molecule has 0 fully saturated rings. The van der Waals surface area contributed by atoms with Crippen molar-refractivity contribution in [1.29, 1.82) is 0 Å². The highest BCUT2D eigenvalue weighted by atomic mass is 16.6. The second-order valence-electron chi connectivity index (χ2n) is 21.6. The lowest BCUT2D eigenvalue weighted by molar-refractivity contribution is -0.167. The number of ether oxygens (including phenoxy) is 3. The van der Waals surface area contributed by atoms with Gasteiger partial charge in [-0.2, -0.15) is 0 Å². The third kappa shape index (κ3) is 66.0. The first-order valence-corrected chi connectivity index (χ1v) is 33.3. The molecular formula is C75H122O6. The van der Waals surface area contributed by atoms with E-state index < -0.39 is 6.10 Å². The van der Waals surface area contributed by atoms with Crippen LogP contribution in [0.2, 0.25) is 0 Å². The summed E-state index contributed by atoms with van der Waals surface area (Å²) in [5.74, 6) is -0.966. The second kappa shape index (κ2) is 67.8. The molecule has 0 spiro atoms. The zero-order chi connectivity index (χ0) is 58.5. The molecule has 0 aliphatic carbocycles. The molecule has 6 heteroatoms. The summed E-state index contributed by atoms with van der Waals surface area (Å²) < 4.78 is 16.9. The number of carbonyl (C=O) groups excluding carboxylic acids is 3. The summed E-state index contributed by atoms with van der Waals surface area (Å²) >= 11 is 0. The van der Waals surface area contributed by atoms with E-state index in [1.54, 1.807) is 0 Å². The average molecular weight is 1120 g/mol. The smallest absolute Gasteiger partial charge is 0.306 e. The Kier molecular flexibility index (Phi) is 63.9. The Bertz CT molecular complexity index is 1760. The predicted octanol–water partition coefficient (Wildman–Crippen LogP) is 23.1. The number of hydrogen-bond acceptors (Lipinski definition) is 6. The van der Waals surface area contributed by atoms with Gasteiger partial charge in [0.15, 0.2) is 6.10 Å². The zero-order valence-electron chi connectivity index (χ0n) is 52.5. The molecule has 81 heavy (non-hydrogen) atoms. The average Bonchev–Trinajstić information content (AvgIpc) is 3.47. The highest BCUT2D eigenvalue weighted by molar-refractivity contribution is 5.71. The summed E-state index contributed by atoms with van der Waals surface area (Å²) in [5.41, 5.74) is 0. The second-order valence-corrected chi connectivity index (χ2v) is 21.6. The van der Waals surface area contributed by atoms with Gasteiger partial charge in [-0.25, -0.2) is 0 Å². The van der Waals surface area contributed by atoms with E-state index in [9.17, 15) is 14.4 Å². The summed E-state index contributed by atoms with van der Waals surface area (Å²) in [7, 11) is 0. The predicted molar refractivity (Wildman–Crippen MR) is 352 cm³/mol. The van der Waals surface area contributed by atoms with Gasteiger partial charge >= 0.3 is 17.9 Å². The van der Waals surface area contributed by atoms with E-state index in [4.69, 9.17) is 14.2 Å². The molecule has 0 rings (SSSR count). The quantitative estimate of drug-likeness (QED) is 0.0261. The summed E-state index contributed by atoms with van der Waals surface area (Å²) in [6.45, 7) is 6.37. The number of carbonyl (C=O) groups is 3. The topological polar surface area (TPSA) is 78.9 Å². The summed E-state index contributed by atoms with van der Waals surface area (Å²) in [4.78, 5) is 38.4. The minimum absolute atomic E-state index is 0.106. The summed E-state index contributed by atoms with van der Waals surface area (Å²) in [6.07, 6.45) is 97.2. The van der Waals surface area contributed by atoms with Crippen LogP contribution in [0.3, 0.4) is 0 Å². The summed E-state index contributed by atoms with van der Waals surface area (Å²) in [5, 5.41) is 0. The van der Waals surface area contributed by atoms with E-state index in [-0.39, 0.29) is 31.1 Å². The third-order valence-electron chi connectivity index (χ3n) is 13.8. The van der Waals surface area contributed by atoms with Gasteiger partial charge in [-0.3, -0.25) is 14.4 Å². The largest absolute Gasteiger partial charge is 0.462 e. The highest BCUT2D eigenvalue weighted by Gasteiger charge is 2.19. The minimum atomic E-state index is -0.812. The molecule has 0 saturated carbocycles. The van der Waals surface area contributed by atoms with Crippen molar-refractivity contribution >= 4 is 17.9 Å². The van der Waals surface area contributed by atoms with Gasteiger partial charge in [-0.15, -0.1) is 0 Å². The van der Waals surface area contributed by atoms with Crippen LogP contribution in [0.5, 0.6) is 0 Å². The molecule has 6 nitrogen and oxygen atoms in total. The van der Waals surface area contributed by atoms with E-state index in [1.165, 1.54) is 103 Å². The molecular weight excluding hydrogens is 997 g/mol. The first-order chi connectivity index (χ1) is 40.0. The fraction of sp³-hybridized carbons (Fsp3) is 0.640. The van der Waals surface area contributed by atoms with Crippen LogP contribution in [0.25, 0.3) is 0 Å². The van der Waals surface area contributed by atoms with Crippen LogP contribution in [-0.4, -0.2) is 37.2 Å². The first-order valence-electron chi connectivity index (χ1n) is 33.3. The molecule has 0 radical (unpaired) electrons. The Morgan fingerprint density at radius 3 is 0.790 bits per heavy atom. The SMILES string of the molecule is CC/C=C\C/C=C\C/C=C\C/C=C\C/C=C\C/C=C\C/C=C\C/C=C\CCCCC(=O)OCC(COC(=O)CCCCCCC/C=C\C/C=C\C/C=C\CC)OC(=O)CCCCCCCCCCC/C=C\CCCCCCCCCC. The van der Waals surface area contributed by atoms with Gasteiger partial charge in [-0.05, 0) is 141 Å². The normalized spacial score (nSPS) is 13.1. The maximum atomic E-state index is 12.9. The van der Waals surface area contributed by atoms with E-state index in [0.29, 0.717) is 25.7 Å². The Labute approximate surface area is 499 Å². The minimum Gasteiger partial charge on any atom is -0.462 e. The van der Waals surface area contributed by atoms with Crippen LogP contribution >= 0.6 is 0 Å². The van der Waals surface area contributed by atoms with Crippen LogP contribution in [-0.2, 0) is 28.6 Å². The van der Waals surface area contributed by atoms with Crippen molar-refractivity contribution in [2.24, 2.45) is 0 Å². The molecule has 0 aliphatic heterocycles. The van der Waals surface area contributed by atoms with Crippen LogP contribution in [0.15, 0.2) is 146 Å². The molecule has 0 aromatic carbocycles. The van der Waals surface area contributed by atoms with Gasteiger partial charge in [0.25, 0.3) is 0 Å². The Morgan fingerprint density at radius 2 is 0.481 bits per heavy atom. The Hall–Kier alpha value is -4.71. The zero-order valence-corrected chi connectivity index (χ0v) is 52.5. The van der Waals surface area contributed by atoms with Gasteiger partial charge in [0.1, 0.15) is 13.2 Å². The molecule has 0 aliphatic rings. The van der Waals surface area contributed by atoms with Crippen molar-refractivity contribution in [1.82, 2.24) is 0 Å². The van der Waals surface area contributed by atoms with Crippen LogP contribution < -0.4 is 0 Å². The molecule has 0 amide bonds. The van der Waals surface area contributed by atoms with Crippen molar-refractivity contribution in [3.8, 4) is 0 Å². The van der Waals surface area contributed by atoms with Gasteiger partial charge < -0.3 is 14.2 Å². The molecule has 0 N–H and O–H groups in total. The van der Waals surface area contributed by atoms with Crippen molar-refractivity contribution in [3.05, 3.63) is 146 Å². The van der Waals surface area contributed by atoms with E-state index in [2.05, 4.69) is 167 Å². The maximum Gasteiger partial charge on any atom is 0.306 e. The summed E-state index contributed by atoms with van der Waals surface area (Å²) in [6, 6.07) is 0. The van der Waals surface area contributed by atoms with Crippen molar-refractivity contribution in [2.45, 2.75) is 297 Å². The lowest BCUT2D eigenvalue weighted by atomic mass is 10.1. The molecule has 458 valence electrons. The van der Waals surface area contributed by atoms with E-state index in [0.717, 1.165) is 141 Å². The molecule has 0 saturated heterocycles. The molecule has 0 aromatic heterocycles. The molecule has 0 aromatic rings. The Balaban J connectivity index is 4.47. The first kappa shape index (κ1) is 76.3. The molecule has 0 bridgehead atoms. The third-order valence-corrected chi connectivity index (χ3v) is 13.8. The van der Waals surface area contributed by atoms with E-state index >= 15 is 0 Å². The highest BCUT2D eigenvalue weighted by Crippen LogP contribution is 2.15. The van der Waals surface area contributed by atoms with Crippen molar-refractivity contribution < 1.29 is 28.6 Å². The van der Waals surface area contributed by atoms with Gasteiger partial charge in [0.05, 0.1) is 0 Å². The van der Waals surface area contributed by atoms with Crippen LogP contribution in [0.4, 0.5) is 0 Å². The van der Waals surface area contributed by atoms with Crippen molar-refractivity contribution in [2.75, 3.05) is 13.2 Å².